The number of halogens is 6. The molecule has 0 radical (unpaired) electrons. The van der Waals surface area contributed by atoms with E-state index in [-0.39, 0.29) is 22.6 Å². The fourth-order valence-corrected chi connectivity index (χ4v) is 4.80. The van der Waals surface area contributed by atoms with Crippen molar-refractivity contribution < 1.29 is 45.4 Å². The highest BCUT2D eigenvalue weighted by Gasteiger charge is 2.72. The molecule has 0 unspecified atom stereocenters. The van der Waals surface area contributed by atoms with Gasteiger partial charge in [0.1, 0.15) is 11.5 Å². The van der Waals surface area contributed by atoms with Gasteiger partial charge in [0.2, 0.25) is 5.41 Å². The van der Waals surface area contributed by atoms with Gasteiger partial charge in [-0.3, -0.25) is 0 Å². The van der Waals surface area contributed by atoms with E-state index >= 15 is 0 Å². The van der Waals surface area contributed by atoms with Crippen LogP contribution < -0.4 is 9.47 Å². The second kappa shape index (κ2) is 12.3. The first-order valence-electron chi connectivity index (χ1n) is 13.3. The van der Waals surface area contributed by atoms with E-state index in [1.165, 1.54) is 12.1 Å². The molecule has 0 amide bonds. The van der Waals surface area contributed by atoms with Crippen molar-refractivity contribution in [2.45, 2.75) is 44.5 Å². The van der Waals surface area contributed by atoms with Crippen LogP contribution in [-0.4, -0.2) is 24.3 Å². The zero-order chi connectivity index (χ0) is 31.4. The summed E-state index contributed by atoms with van der Waals surface area (Å²) in [5.74, 6) is -1.42. The molecule has 0 heterocycles. The second-order valence-electron chi connectivity index (χ2n) is 9.60. The minimum absolute atomic E-state index is 0.232. The molecule has 10 heteroatoms. The largest absolute Gasteiger partial charge is 0.423 e. The minimum atomic E-state index is -5.85. The van der Waals surface area contributed by atoms with E-state index in [2.05, 4.69) is 0 Å². The Kier molecular flexibility index (Phi) is 8.98. The number of hydrogen-bond donors (Lipinski definition) is 0. The Bertz CT molecular complexity index is 1470. The van der Waals surface area contributed by atoms with Crippen molar-refractivity contribution in [2.24, 2.45) is 0 Å². The molecule has 0 bridgehead atoms. The van der Waals surface area contributed by atoms with Crippen LogP contribution in [0.1, 0.15) is 56.8 Å². The Hall–Kier alpha value is -4.60. The molecule has 4 nitrogen and oxygen atoms in total. The summed E-state index contributed by atoms with van der Waals surface area (Å²) < 4.78 is 98.3. The number of para-hydroxylation sites is 2. The van der Waals surface area contributed by atoms with Crippen LogP contribution in [0.25, 0.3) is 0 Å². The molecule has 224 valence electrons. The van der Waals surface area contributed by atoms with Crippen molar-refractivity contribution in [2.75, 3.05) is 0 Å². The molecule has 0 N–H and O–H groups in total. The normalized spacial score (nSPS) is 12.1. The van der Waals surface area contributed by atoms with Gasteiger partial charge in [0.15, 0.2) is 0 Å². The second-order valence-corrected chi connectivity index (χ2v) is 9.60. The Balaban J connectivity index is 1.69. The fraction of sp³-hybridized carbons (Fsp3) is 0.212. The number of carbonyl (C=O) groups is 2. The molecule has 0 spiro atoms. The number of ether oxygens (including phenoxy) is 2. The standard InChI is InChI=1S/C33H26F6O4/c1-3-21-9-5-7-11-27(21)42-29(40)23-13-17-25(18-14-23)31(32(34,35)36,33(37,38)39)26-19-15-24(16-20-26)30(41)43-28-12-8-6-10-22(28)4-2/h5-20H,3-4H2,1-2H3. The lowest BCUT2D eigenvalue weighted by molar-refractivity contribution is -0.288. The molecule has 0 atom stereocenters. The van der Waals surface area contributed by atoms with Crippen molar-refractivity contribution in [3.8, 4) is 11.5 Å². The maximum Gasteiger partial charge on any atom is 0.411 e. The van der Waals surface area contributed by atoms with Crippen LogP contribution in [0.15, 0.2) is 97.1 Å². The molecule has 43 heavy (non-hydrogen) atoms. The maximum absolute atomic E-state index is 14.6. The van der Waals surface area contributed by atoms with Crippen molar-refractivity contribution >= 4 is 11.9 Å². The molecule has 4 aromatic carbocycles. The molecule has 0 saturated carbocycles. The molecule has 4 aromatic rings. The third kappa shape index (κ3) is 6.14. The number of esters is 2. The van der Waals surface area contributed by atoms with Crippen LogP contribution in [0.2, 0.25) is 0 Å². The summed E-state index contributed by atoms with van der Waals surface area (Å²) in [5, 5.41) is 0. The predicted molar refractivity (Wildman–Crippen MR) is 147 cm³/mol. The van der Waals surface area contributed by atoms with E-state index in [4.69, 9.17) is 9.47 Å². The van der Waals surface area contributed by atoms with E-state index in [0.717, 1.165) is 24.3 Å². The number of hydrogen-bond acceptors (Lipinski definition) is 4. The molecule has 0 aliphatic rings. The molecular formula is C33H26F6O4. The minimum Gasteiger partial charge on any atom is -0.423 e. The van der Waals surface area contributed by atoms with E-state index < -0.39 is 40.8 Å². The molecule has 0 aliphatic heterocycles. The Morgan fingerprint density at radius 2 is 0.860 bits per heavy atom. The summed E-state index contributed by atoms with van der Waals surface area (Å²) in [6, 6.07) is 19.1. The molecule has 0 saturated heterocycles. The van der Waals surface area contributed by atoms with Crippen molar-refractivity contribution in [3.63, 3.8) is 0 Å². The Labute approximate surface area is 243 Å². The number of alkyl halides is 6. The van der Waals surface area contributed by atoms with Gasteiger partial charge in [-0.25, -0.2) is 9.59 Å². The van der Waals surface area contributed by atoms with Gasteiger partial charge in [-0.1, -0.05) is 74.5 Å². The van der Waals surface area contributed by atoms with Gasteiger partial charge in [-0.15, -0.1) is 0 Å². The smallest absolute Gasteiger partial charge is 0.411 e. The average molecular weight is 601 g/mol. The summed E-state index contributed by atoms with van der Waals surface area (Å²) in [5.41, 5.74) is -5.87. The highest BCUT2D eigenvalue weighted by molar-refractivity contribution is 5.92. The molecular weight excluding hydrogens is 574 g/mol. The lowest BCUT2D eigenvalue weighted by Crippen LogP contribution is -2.54. The van der Waals surface area contributed by atoms with Crippen molar-refractivity contribution in [3.05, 3.63) is 130 Å². The third-order valence-corrected chi connectivity index (χ3v) is 7.07. The van der Waals surface area contributed by atoms with Crippen molar-refractivity contribution in [1.82, 2.24) is 0 Å². The van der Waals surface area contributed by atoms with Crippen LogP contribution in [0.4, 0.5) is 26.3 Å². The van der Waals surface area contributed by atoms with E-state index in [1.54, 1.807) is 36.4 Å². The van der Waals surface area contributed by atoms with Gasteiger partial charge in [0, 0.05) is 0 Å². The van der Waals surface area contributed by atoms with Crippen molar-refractivity contribution in [1.29, 1.82) is 0 Å². The highest BCUT2D eigenvalue weighted by Crippen LogP contribution is 2.56. The lowest BCUT2D eigenvalue weighted by Gasteiger charge is -2.38. The number of aryl methyl sites for hydroxylation is 2. The molecule has 0 fully saturated rings. The number of rotatable bonds is 8. The van der Waals surface area contributed by atoms with Crippen LogP contribution in [0.3, 0.4) is 0 Å². The van der Waals surface area contributed by atoms with Gasteiger partial charge < -0.3 is 9.47 Å². The van der Waals surface area contributed by atoms with Gasteiger partial charge >= 0.3 is 24.3 Å². The van der Waals surface area contributed by atoms with Crippen LogP contribution in [-0.2, 0) is 18.3 Å². The first-order valence-corrected chi connectivity index (χ1v) is 13.3. The lowest BCUT2D eigenvalue weighted by atomic mass is 9.72. The highest BCUT2D eigenvalue weighted by atomic mass is 19.4. The fourth-order valence-electron chi connectivity index (χ4n) is 4.80. The zero-order valence-electron chi connectivity index (χ0n) is 23.1. The maximum atomic E-state index is 14.6. The number of benzene rings is 4. The van der Waals surface area contributed by atoms with E-state index in [1.807, 2.05) is 13.8 Å². The summed E-state index contributed by atoms with van der Waals surface area (Å²) >= 11 is 0. The summed E-state index contributed by atoms with van der Waals surface area (Å²) in [6.45, 7) is 3.66. The van der Waals surface area contributed by atoms with Gasteiger partial charge in [-0.05, 0) is 71.5 Å². The summed E-state index contributed by atoms with van der Waals surface area (Å²) in [6.07, 6.45) is -10.6. The monoisotopic (exact) mass is 600 g/mol. The summed E-state index contributed by atoms with van der Waals surface area (Å²) in [7, 11) is 0. The Morgan fingerprint density at radius 3 is 1.16 bits per heavy atom. The topological polar surface area (TPSA) is 52.6 Å². The van der Waals surface area contributed by atoms with E-state index in [9.17, 15) is 35.9 Å². The molecule has 0 aliphatic carbocycles. The van der Waals surface area contributed by atoms with Crippen LogP contribution in [0.5, 0.6) is 11.5 Å². The zero-order valence-corrected chi connectivity index (χ0v) is 23.1. The van der Waals surface area contributed by atoms with Crippen LogP contribution in [0, 0.1) is 0 Å². The Morgan fingerprint density at radius 1 is 0.535 bits per heavy atom. The molecule has 4 rings (SSSR count). The van der Waals surface area contributed by atoms with Gasteiger partial charge in [0.25, 0.3) is 0 Å². The first kappa shape index (κ1) is 31.3. The third-order valence-electron chi connectivity index (χ3n) is 7.07. The predicted octanol–water partition coefficient (Wildman–Crippen LogP) is 8.66. The summed E-state index contributed by atoms with van der Waals surface area (Å²) in [4.78, 5) is 25.3. The van der Waals surface area contributed by atoms with Crippen LogP contribution >= 0.6 is 0 Å². The molecule has 0 aromatic heterocycles. The van der Waals surface area contributed by atoms with Gasteiger partial charge in [-0.2, -0.15) is 26.3 Å². The average Bonchev–Trinajstić information content (AvgIpc) is 2.97. The van der Waals surface area contributed by atoms with E-state index in [0.29, 0.717) is 48.2 Å². The SMILES string of the molecule is CCc1ccccc1OC(=O)c1ccc(C(c2ccc(C(=O)Oc3ccccc3CC)cc2)(C(F)(F)F)C(F)(F)F)cc1. The first-order chi connectivity index (χ1) is 20.3. The number of carbonyl (C=O) groups excluding carboxylic acids is 2. The quantitative estimate of drug-likeness (QED) is 0.115. The van der Waals surface area contributed by atoms with Gasteiger partial charge in [0.05, 0.1) is 11.1 Å².